The highest BCUT2D eigenvalue weighted by atomic mass is 35.5. The van der Waals surface area contributed by atoms with Crippen molar-refractivity contribution in [3.05, 3.63) is 29.8 Å². The highest BCUT2D eigenvalue weighted by molar-refractivity contribution is 5.85. The van der Waals surface area contributed by atoms with Crippen LogP contribution in [0.25, 0.3) is 0 Å². The minimum Gasteiger partial charge on any atom is -0.488 e. The zero-order chi connectivity index (χ0) is 16.5. The number of hydrogen-bond donors (Lipinski definition) is 2. The molecule has 1 aliphatic heterocycles. The summed E-state index contributed by atoms with van der Waals surface area (Å²) in [5.74, 6) is 1.76. The largest absolute Gasteiger partial charge is 0.488 e. The number of hydrogen-bond acceptors (Lipinski definition) is 3. The van der Waals surface area contributed by atoms with Gasteiger partial charge in [0.2, 0.25) is 5.91 Å². The van der Waals surface area contributed by atoms with Crippen LogP contribution in [0.2, 0.25) is 0 Å². The lowest BCUT2D eigenvalue weighted by Crippen LogP contribution is -2.35. The zero-order valence-corrected chi connectivity index (χ0v) is 15.7. The van der Waals surface area contributed by atoms with Gasteiger partial charge in [-0.05, 0) is 63.2 Å². The molecule has 2 rings (SSSR count). The molecule has 1 heterocycles. The van der Waals surface area contributed by atoms with E-state index >= 15 is 0 Å². The Morgan fingerprint density at radius 3 is 2.71 bits per heavy atom. The molecule has 1 saturated heterocycles. The summed E-state index contributed by atoms with van der Waals surface area (Å²) in [7, 11) is 0. The molecule has 4 nitrogen and oxygen atoms in total. The Bertz CT molecular complexity index is 490. The maximum Gasteiger partial charge on any atom is 0.220 e. The van der Waals surface area contributed by atoms with Crippen LogP contribution in [-0.4, -0.2) is 31.6 Å². The third-order valence-electron chi connectivity index (χ3n) is 4.61. The van der Waals surface area contributed by atoms with Crippen molar-refractivity contribution in [1.29, 1.82) is 0 Å². The minimum atomic E-state index is 0. The van der Waals surface area contributed by atoms with Crippen molar-refractivity contribution in [3.63, 3.8) is 0 Å². The van der Waals surface area contributed by atoms with Gasteiger partial charge in [0, 0.05) is 6.42 Å². The van der Waals surface area contributed by atoms with Gasteiger partial charge in [-0.3, -0.25) is 4.79 Å². The van der Waals surface area contributed by atoms with Crippen LogP contribution < -0.4 is 15.4 Å². The highest BCUT2D eigenvalue weighted by Crippen LogP contribution is 2.19. The molecule has 1 aromatic rings. The second-order valence-corrected chi connectivity index (χ2v) is 6.45. The number of ether oxygens (including phenoxy) is 1. The van der Waals surface area contributed by atoms with Crippen LogP contribution in [0.15, 0.2) is 24.3 Å². The Balaban J connectivity index is 0.00000288. The summed E-state index contributed by atoms with van der Waals surface area (Å²) < 4.78 is 6.02. The number of carbonyl (C=O) groups is 1. The average Bonchev–Trinajstić information content (AvgIpc) is 2.59. The van der Waals surface area contributed by atoms with E-state index in [4.69, 9.17) is 4.74 Å². The van der Waals surface area contributed by atoms with Crippen molar-refractivity contribution >= 4 is 18.3 Å². The third kappa shape index (κ3) is 7.10. The number of piperidine rings is 1. The molecule has 5 heteroatoms. The maximum absolute atomic E-state index is 12.0. The van der Waals surface area contributed by atoms with Gasteiger partial charge in [0.1, 0.15) is 11.9 Å². The molecule has 0 radical (unpaired) electrons. The first-order valence-electron chi connectivity index (χ1n) is 8.88. The van der Waals surface area contributed by atoms with Crippen LogP contribution in [-0.2, 0) is 4.79 Å². The van der Waals surface area contributed by atoms with E-state index in [2.05, 4.69) is 17.6 Å². The standard InChI is InChI=1S/C19H30N2O2.ClH/c1-3-17(23-18-7-5-4-6-15(18)2)14-21-19(22)9-8-16-10-12-20-13-11-16;/h4-7,16-17,20H,3,8-14H2,1-2H3,(H,21,22);1H. The average molecular weight is 355 g/mol. The Kier molecular flexibility index (Phi) is 9.80. The van der Waals surface area contributed by atoms with Crippen molar-refractivity contribution in [2.45, 2.75) is 52.1 Å². The van der Waals surface area contributed by atoms with E-state index in [0.29, 0.717) is 18.9 Å². The Morgan fingerprint density at radius 2 is 2.04 bits per heavy atom. The van der Waals surface area contributed by atoms with Crippen LogP contribution in [0.3, 0.4) is 0 Å². The molecule has 136 valence electrons. The molecule has 0 aromatic heterocycles. The molecule has 1 unspecified atom stereocenters. The zero-order valence-electron chi connectivity index (χ0n) is 14.8. The topological polar surface area (TPSA) is 50.4 Å². The fourth-order valence-electron chi connectivity index (χ4n) is 2.96. The molecular formula is C19H31ClN2O2. The monoisotopic (exact) mass is 354 g/mol. The van der Waals surface area contributed by atoms with Crippen LogP contribution in [0.5, 0.6) is 5.75 Å². The first kappa shape index (κ1) is 20.8. The first-order valence-corrected chi connectivity index (χ1v) is 8.88. The highest BCUT2D eigenvalue weighted by Gasteiger charge is 2.15. The Labute approximate surface area is 152 Å². The van der Waals surface area contributed by atoms with Crippen LogP contribution in [0.1, 0.15) is 44.6 Å². The Morgan fingerprint density at radius 1 is 1.33 bits per heavy atom. The molecule has 1 aromatic carbocycles. The van der Waals surface area contributed by atoms with Gasteiger partial charge in [-0.2, -0.15) is 0 Å². The molecule has 2 N–H and O–H groups in total. The van der Waals surface area contributed by atoms with E-state index in [0.717, 1.165) is 37.2 Å². The van der Waals surface area contributed by atoms with E-state index in [1.54, 1.807) is 0 Å². The van der Waals surface area contributed by atoms with Crippen molar-refractivity contribution in [2.24, 2.45) is 5.92 Å². The summed E-state index contributed by atoms with van der Waals surface area (Å²) in [4.78, 5) is 12.0. The van der Waals surface area contributed by atoms with Gasteiger partial charge in [0.25, 0.3) is 0 Å². The molecular weight excluding hydrogens is 324 g/mol. The van der Waals surface area contributed by atoms with Crippen LogP contribution in [0.4, 0.5) is 0 Å². The summed E-state index contributed by atoms with van der Waals surface area (Å²) in [6.45, 7) is 6.89. The summed E-state index contributed by atoms with van der Waals surface area (Å²) >= 11 is 0. The van der Waals surface area contributed by atoms with Crippen LogP contribution >= 0.6 is 12.4 Å². The van der Waals surface area contributed by atoms with E-state index < -0.39 is 0 Å². The van der Waals surface area contributed by atoms with Crippen LogP contribution in [0, 0.1) is 12.8 Å². The van der Waals surface area contributed by atoms with Gasteiger partial charge in [0.05, 0.1) is 6.54 Å². The molecule has 0 aliphatic carbocycles. The molecule has 1 atom stereocenters. The normalized spacial score (nSPS) is 16.1. The van der Waals surface area contributed by atoms with Crippen molar-refractivity contribution in [1.82, 2.24) is 10.6 Å². The second kappa shape index (κ2) is 11.3. The fraction of sp³-hybridized carbons (Fsp3) is 0.632. The molecule has 1 aliphatic rings. The lowest BCUT2D eigenvalue weighted by molar-refractivity contribution is -0.121. The van der Waals surface area contributed by atoms with E-state index in [9.17, 15) is 4.79 Å². The predicted molar refractivity (Wildman–Crippen MR) is 101 cm³/mol. The summed E-state index contributed by atoms with van der Waals surface area (Å²) in [6.07, 6.45) is 4.93. The number of rotatable bonds is 8. The van der Waals surface area contributed by atoms with E-state index in [-0.39, 0.29) is 24.4 Å². The molecule has 0 spiro atoms. The van der Waals surface area contributed by atoms with Crippen molar-refractivity contribution in [3.8, 4) is 5.75 Å². The van der Waals surface area contributed by atoms with E-state index in [1.807, 2.05) is 31.2 Å². The van der Waals surface area contributed by atoms with Gasteiger partial charge in [0.15, 0.2) is 0 Å². The molecule has 1 amide bonds. The number of nitrogens with one attached hydrogen (secondary N) is 2. The second-order valence-electron chi connectivity index (χ2n) is 6.45. The number of halogens is 1. The number of amides is 1. The lowest BCUT2D eigenvalue weighted by Gasteiger charge is -2.22. The minimum absolute atomic E-state index is 0. The summed E-state index contributed by atoms with van der Waals surface area (Å²) in [6, 6.07) is 8.01. The number of benzene rings is 1. The Hall–Kier alpha value is -1.26. The number of para-hydroxylation sites is 1. The summed E-state index contributed by atoms with van der Waals surface area (Å²) in [5, 5.41) is 6.39. The van der Waals surface area contributed by atoms with Gasteiger partial charge in [-0.25, -0.2) is 0 Å². The molecule has 0 bridgehead atoms. The summed E-state index contributed by atoms with van der Waals surface area (Å²) in [5.41, 5.74) is 1.13. The SMILES string of the molecule is CCC(CNC(=O)CCC1CCNCC1)Oc1ccccc1C.Cl. The van der Waals surface area contributed by atoms with E-state index in [1.165, 1.54) is 12.8 Å². The lowest BCUT2D eigenvalue weighted by atomic mass is 9.93. The van der Waals surface area contributed by atoms with Gasteiger partial charge in [-0.15, -0.1) is 12.4 Å². The number of aryl methyl sites for hydroxylation is 1. The van der Waals surface area contributed by atoms with Crippen molar-refractivity contribution in [2.75, 3.05) is 19.6 Å². The molecule has 0 saturated carbocycles. The first-order chi connectivity index (χ1) is 11.2. The fourth-order valence-corrected chi connectivity index (χ4v) is 2.96. The quantitative estimate of drug-likeness (QED) is 0.751. The van der Waals surface area contributed by atoms with Gasteiger partial charge in [-0.1, -0.05) is 25.1 Å². The van der Waals surface area contributed by atoms with Gasteiger partial charge < -0.3 is 15.4 Å². The smallest absolute Gasteiger partial charge is 0.220 e. The number of carbonyl (C=O) groups excluding carboxylic acids is 1. The molecule has 24 heavy (non-hydrogen) atoms. The van der Waals surface area contributed by atoms with Crippen molar-refractivity contribution < 1.29 is 9.53 Å². The third-order valence-corrected chi connectivity index (χ3v) is 4.61. The maximum atomic E-state index is 12.0. The predicted octanol–water partition coefficient (Wildman–Crippen LogP) is 3.47. The van der Waals surface area contributed by atoms with Gasteiger partial charge >= 0.3 is 0 Å². The molecule has 1 fully saturated rings.